The number of piperazine rings is 1. The van der Waals surface area contributed by atoms with E-state index in [-0.39, 0.29) is 31.4 Å². The second-order valence-electron chi connectivity index (χ2n) is 7.82. The summed E-state index contributed by atoms with van der Waals surface area (Å²) in [6.07, 6.45) is 0.825. The molecule has 3 aromatic rings. The molecule has 0 spiro atoms. The Kier molecular flexibility index (Phi) is 6.84. The second kappa shape index (κ2) is 9.17. The van der Waals surface area contributed by atoms with Gasteiger partial charge in [0, 0.05) is 59.8 Å². The number of sulfonamides is 1. The Balaban J connectivity index is 0.00000245. The van der Waals surface area contributed by atoms with E-state index in [2.05, 4.69) is 17.2 Å². The van der Waals surface area contributed by atoms with E-state index in [1.807, 2.05) is 6.07 Å². The average molecular weight is 534 g/mol. The largest absolute Gasteiger partial charge is 0.334 e. The number of thiazole rings is 1. The van der Waals surface area contributed by atoms with Crippen LogP contribution in [0, 0.1) is 0 Å². The van der Waals surface area contributed by atoms with E-state index in [0.717, 1.165) is 33.6 Å². The Bertz CT molecular complexity index is 1270. The third-order valence-corrected chi connectivity index (χ3v) is 10.4. The minimum atomic E-state index is -3.61. The van der Waals surface area contributed by atoms with Gasteiger partial charge in [-0.2, -0.15) is 4.31 Å². The molecule has 0 bridgehead atoms. The normalized spacial score (nSPS) is 19.6. The van der Waals surface area contributed by atoms with Crippen LogP contribution in [0.1, 0.15) is 27.3 Å². The van der Waals surface area contributed by atoms with Gasteiger partial charge in [-0.15, -0.1) is 35.1 Å². The number of carbonyl (C=O) groups excluding carboxylic acids is 1. The molecule has 2 aliphatic rings. The van der Waals surface area contributed by atoms with Crippen LogP contribution >= 0.6 is 46.7 Å². The molecule has 0 saturated carbocycles. The topological polar surface area (TPSA) is 82.6 Å². The SMILES string of the molecule is CC1Cc2nc(C(=O)N3CCN(S(=O)(=O)c4cc5cc(Cl)ccc5s4)CC3)sc2CN1.Cl. The number of fused-ring (bicyclic) bond motifs is 2. The molecule has 1 fully saturated rings. The van der Waals surface area contributed by atoms with Crippen LogP contribution in [0.2, 0.25) is 5.02 Å². The van der Waals surface area contributed by atoms with Gasteiger partial charge in [0.25, 0.3) is 15.9 Å². The zero-order valence-electron chi connectivity index (χ0n) is 17.2. The highest BCUT2D eigenvalue weighted by Crippen LogP contribution is 2.33. The summed E-state index contributed by atoms with van der Waals surface area (Å²) in [4.78, 5) is 20.3. The maximum Gasteiger partial charge on any atom is 0.282 e. The van der Waals surface area contributed by atoms with E-state index in [4.69, 9.17) is 11.6 Å². The second-order valence-corrected chi connectivity index (χ2v) is 12.6. The lowest BCUT2D eigenvalue weighted by Gasteiger charge is -2.33. The number of benzene rings is 1. The highest BCUT2D eigenvalue weighted by atomic mass is 35.5. The van der Waals surface area contributed by atoms with Crippen molar-refractivity contribution in [2.24, 2.45) is 0 Å². The number of nitrogens with zero attached hydrogens (tertiary/aromatic N) is 3. The van der Waals surface area contributed by atoms with Crippen molar-refractivity contribution < 1.29 is 13.2 Å². The maximum absolute atomic E-state index is 13.1. The molecule has 2 aromatic heterocycles. The van der Waals surface area contributed by atoms with Gasteiger partial charge in [-0.3, -0.25) is 4.79 Å². The van der Waals surface area contributed by atoms with Gasteiger partial charge in [0.05, 0.1) is 5.69 Å². The zero-order chi connectivity index (χ0) is 21.8. The molecule has 2 aliphatic heterocycles. The van der Waals surface area contributed by atoms with Crippen molar-refractivity contribution in [3.8, 4) is 0 Å². The average Bonchev–Trinajstić information content (AvgIpc) is 3.37. The fourth-order valence-electron chi connectivity index (χ4n) is 3.91. The Morgan fingerprint density at radius 1 is 1.19 bits per heavy atom. The molecular weight excluding hydrogens is 511 g/mol. The summed E-state index contributed by atoms with van der Waals surface area (Å²) in [6.45, 7) is 4.10. The van der Waals surface area contributed by atoms with Crippen molar-refractivity contribution in [1.29, 1.82) is 0 Å². The fourth-order valence-corrected chi connectivity index (χ4v) is 8.06. The van der Waals surface area contributed by atoms with Crippen LogP contribution in [-0.2, 0) is 23.0 Å². The number of carbonyl (C=O) groups is 1. The van der Waals surface area contributed by atoms with Crippen LogP contribution in [0.3, 0.4) is 0 Å². The first-order chi connectivity index (χ1) is 14.8. The van der Waals surface area contributed by atoms with E-state index >= 15 is 0 Å². The minimum absolute atomic E-state index is 0. The van der Waals surface area contributed by atoms with Gasteiger partial charge < -0.3 is 10.2 Å². The van der Waals surface area contributed by atoms with Gasteiger partial charge in [-0.25, -0.2) is 13.4 Å². The lowest BCUT2D eigenvalue weighted by Crippen LogP contribution is -2.50. The predicted molar refractivity (Wildman–Crippen MR) is 131 cm³/mol. The molecule has 1 unspecified atom stereocenters. The summed E-state index contributed by atoms with van der Waals surface area (Å²) < 4.78 is 28.9. The third-order valence-electron chi connectivity index (χ3n) is 5.65. The van der Waals surface area contributed by atoms with Gasteiger partial charge in [0.1, 0.15) is 4.21 Å². The number of amides is 1. The predicted octanol–water partition coefficient (Wildman–Crippen LogP) is 3.61. The number of aromatic nitrogens is 1. The lowest BCUT2D eigenvalue weighted by atomic mass is 10.1. The Morgan fingerprint density at radius 2 is 1.94 bits per heavy atom. The van der Waals surface area contributed by atoms with Gasteiger partial charge in [-0.05, 0) is 36.6 Å². The van der Waals surface area contributed by atoms with Crippen LogP contribution < -0.4 is 5.32 Å². The molecule has 1 aromatic carbocycles. The first kappa shape index (κ1) is 23.9. The van der Waals surface area contributed by atoms with Crippen LogP contribution in [0.4, 0.5) is 0 Å². The first-order valence-electron chi connectivity index (χ1n) is 10.0. The van der Waals surface area contributed by atoms with Crippen LogP contribution in [0.15, 0.2) is 28.5 Å². The van der Waals surface area contributed by atoms with Gasteiger partial charge >= 0.3 is 0 Å². The molecule has 0 aliphatic carbocycles. The quantitative estimate of drug-likeness (QED) is 0.557. The molecule has 1 saturated heterocycles. The molecule has 4 heterocycles. The van der Waals surface area contributed by atoms with Crippen molar-refractivity contribution in [3.05, 3.63) is 44.9 Å². The van der Waals surface area contributed by atoms with Gasteiger partial charge in [0.15, 0.2) is 5.01 Å². The maximum atomic E-state index is 13.1. The molecule has 12 heteroatoms. The van der Waals surface area contributed by atoms with E-state index < -0.39 is 10.0 Å². The van der Waals surface area contributed by atoms with E-state index in [1.54, 1.807) is 23.1 Å². The number of hydrogen-bond donors (Lipinski definition) is 1. The van der Waals surface area contributed by atoms with Crippen molar-refractivity contribution >= 4 is 72.7 Å². The summed E-state index contributed by atoms with van der Waals surface area (Å²) in [6, 6.07) is 7.40. The van der Waals surface area contributed by atoms with Crippen LogP contribution in [0.5, 0.6) is 0 Å². The summed E-state index contributed by atoms with van der Waals surface area (Å²) in [5, 5.41) is 5.28. The monoisotopic (exact) mass is 532 g/mol. The summed E-state index contributed by atoms with van der Waals surface area (Å²) >= 11 is 8.71. The number of thiophene rings is 1. The molecule has 1 N–H and O–H groups in total. The number of nitrogens with one attached hydrogen (secondary N) is 1. The smallest absolute Gasteiger partial charge is 0.282 e. The van der Waals surface area contributed by atoms with Crippen molar-refractivity contribution in [2.75, 3.05) is 26.2 Å². The molecule has 7 nitrogen and oxygen atoms in total. The summed E-state index contributed by atoms with van der Waals surface area (Å²) in [7, 11) is -3.61. The van der Waals surface area contributed by atoms with Crippen molar-refractivity contribution in [1.82, 2.24) is 19.5 Å². The van der Waals surface area contributed by atoms with Crippen molar-refractivity contribution in [2.45, 2.75) is 30.1 Å². The lowest BCUT2D eigenvalue weighted by molar-refractivity contribution is 0.0697. The molecule has 1 atom stereocenters. The highest BCUT2D eigenvalue weighted by Gasteiger charge is 2.33. The molecule has 5 rings (SSSR count). The number of hydrogen-bond acceptors (Lipinski definition) is 7. The summed E-state index contributed by atoms with van der Waals surface area (Å²) in [5.74, 6) is -0.111. The molecular formula is C20H22Cl2N4O3S3. The third kappa shape index (κ3) is 4.42. The Morgan fingerprint density at radius 3 is 2.69 bits per heavy atom. The van der Waals surface area contributed by atoms with E-state index in [0.29, 0.717) is 33.4 Å². The number of rotatable bonds is 3. The Labute approximate surface area is 205 Å². The molecule has 1 amide bonds. The standard InChI is InChI=1S/C20H21ClN4O3S3.ClH/c1-12-8-15-17(11-22-12)30-19(23-15)20(26)24-4-6-25(7-5-24)31(27,28)18-10-13-9-14(21)2-3-16(13)29-18;/h2-3,9-10,12,22H,4-8,11H2,1H3;1H. The molecule has 0 radical (unpaired) electrons. The highest BCUT2D eigenvalue weighted by molar-refractivity contribution is 7.91. The number of halogens is 2. The van der Waals surface area contributed by atoms with E-state index in [1.165, 1.54) is 27.0 Å². The van der Waals surface area contributed by atoms with Gasteiger partial charge in [0.2, 0.25) is 0 Å². The van der Waals surface area contributed by atoms with Gasteiger partial charge in [-0.1, -0.05) is 11.6 Å². The first-order valence-corrected chi connectivity index (χ1v) is 13.5. The van der Waals surface area contributed by atoms with Crippen molar-refractivity contribution in [3.63, 3.8) is 0 Å². The minimum Gasteiger partial charge on any atom is -0.334 e. The molecule has 172 valence electrons. The zero-order valence-corrected chi connectivity index (χ0v) is 21.2. The Hall–Kier alpha value is -1.27. The fraction of sp³-hybridized carbons (Fsp3) is 0.400. The van der Waals surface area contributed by atoms with E-state index in [9.17, 15) is 13.2 Å². The summed E-state index contributed by atoms with van der Waals surface area (Å²) in [5.41, 5.74) is 1.01. The van der Waals surface area contributed by atoms with Crippen LogP contribution in [0.25, 0.3) is 10.1 Å². The van der Waals surface area contributed by atoms with Crippen LogP contribution in [-0.4, -0.2) is 60.7 Å². The molecule has 32 heavy (non-hydrogen) atoms.